The van der Waals surface area contributed by atoms with Crippen LogP contribution in [0.5, 0.6) is 0 Å². The fourth-order valence-corrected chi connectivity index (χ4v) is 1.17. The average Bonchev–Trinajstić information content (AvgIpc) is 1.99. The van der Waals surface area contributed by atoms with Gasteiger partial charge in [-0.25, -0.2) is 0 Å². The Morgan fingerprint density at radius 1 is 1.40 bits per heavy atom. The third-order valence-corrected chi connectivity index (χ3v) is 3.22. The van der Waals surface area contributed by atoms with Crippen molar-refractivity contribution in [2.45, 2.75) is 38.9 Å². The fourth-order valence-electron chi connectivity index (χ4n) is 0.850. The van der Waals surface area contributed by atoms with Crippen LogP contribution in [0.15, 0.2) is 0 Å². The molecular weight excluding hydrogens is 187 g/mol. The van der Waals surface area contributed by atoms with E-state index in [4.69, 9.17) is 0 Å². The number of rotatable bonds is 5. The van der Waals surface area contributed by atoms with Crippen molar-refractivity contribution in [2.75, 3.05) is 5.33 Å². The summed E-state index contributed by atoms with van der Waals surface area (Å²) >= 11 is 3.49. The van der Waals surface area contributed by atoms with Crippen LogP contribution in [-0.2, 0) is 0 Å². The van der Waals surface area contributed by atoms with E-state index in [-0.39, 0.29) is 0 Å². The molecule has 0 nitrogen and oxygen atoms in total. The molecule has 0 fully saturated rings. The van der Waals surface area contributed by atoms with Gasteiger partial charge in [-0.05, 0) is 5.92 Å². The SMILES string of the molecule is BC(CC)CCC(C)CBr. The Hall–Kier alpha value is 0.545. The zero-order chi connectivity index (χ0) is 7.98. The molecule has 0 N–H and O–H groups in total. The van der Waals surface area contributed by atoms with E-state index in [1.54, 1.807) is 0 Å². The lowest BCUT2D eigenvalue weighted by molar-refractivity contribution is 0.543. The molecule has 0 aromatic heterocycles. The van der Waals surface area contributed by atoms with E-state index in [1.165, 1.54) is 19.3 Å². The van der Waals surface area contributed by atoms with Gasteiger partial charge in [-0.3, -0.25) is 0 Å². The lowest BCUT2D eigenvalue weighted by Crippen LogP contribution is -1.98. The summed E-state index contributed by atoms with van der Waals surface area (Å²) in [6.45, 7) is 4.57. The number of alkyl halides is 1. The minimum absolute atomic E-state index is 0.856. The Balaban J connectivity index is 3.17. The quantitative estimate of drug-likeness (QED) is 0.478. The van der Waals surface area contributed by atoms with Crippen LogP contribution in [0.2, 0.25) is 5.82 Å². The van der Waals surface area contributed by atoms with Gasteiger partial charge >= 0.3 is 0 Å². The summed E-state index contributed by atoms with van der Waals surface area (Å²) in [6.07, 6.45) is 4.10. The topological polar surface area (TPSA) is 0 Å². The number of halogens is 1. The van der Waals surface area contributed by atoms with E-state index in [9.17, 15) is 0 Å². The Morgan fingerprint density at radius 2 is 2.00 bits per heavy atom. The molecule has 0 aliphatic heterocycles. The zero-order valence-corrected chi connectivity index (χ0v) is 8.95. The van der Waals surface area contributed by atoms with E-state index in [0.29, 0.717) is 0 Å². The van der Waals surface area contributed by atoms with Gasteiger partial charge in [-0.2, -0.15) is 0 Å². The third-order valence-electron chi connectivity index (χ3n) is 2.11. The predicted octanol–water partition coefficient (Wildman–Crippen LogP) is 2.63. The summed E-state index contributed by atoms with van der Waals surface area (Å²) in [4.78, 5) is 0. The standard InChI is InChI=1S/C8H18BBr/c1-3-8(9)5-4-7(2)6-10/h7-8H,3-6,9H2,1-2H3. The van der Waals surface area contributed by atoms with E-state index in [0.717, 1.165) is 17.1 Å². The second-order valence-corrected chi connectivity index (χ2v) is 4.00. The maximum atomic E-state index is 3.49. The first kappa shape index (κ1) is 10.5. The molecule has 10 heavy (non-hydrogen) atoms. The zero-order valence-electron chi connectivity index (χ0n) is 7.36. The largest absolute Gasteiger partial charge is 0.105 e. The van der Waals surface area contributed by atoms with Crippen LogP contribution in [0.3, 0.4) is 0 Å². The molecule has 0 saturated heterocycles. The first-order valence-corrected chi connectivity index (χ1v) is 5.38. The molecular formula is C8H18BBr. The number of hydrogen-bond acceptors (Lipinski definition) is 0. The highest BCUT2D eigenvalue weighted by molar-refractivity contribution is 9.09. The van der Waals surface area contributed by atoms with Crippen molar-refractivity contribution in [2.24, 2.45) is 5.92 Å². The lowest BCUT2D eigenvalue weighted by Gasteiger charge is -2.10. The molecule has 0 saturated carbocycles. The van der Waals surface area contributed by atoms with E-state index >= 15 is 0 Å². The van der Waals surface area contributed by atoms with Gasteiger partial charge in [-0.1, -0.05) is 54.9 Å². The van der Waals surface area contributed by atoms with Gasteiger partial charge in [0, 0.05) is 5.33 Å². The molecule has 0 radical (unpaired) electrons. The highest BCUT2D eigenvalue weighted by atomic mass is 79.9. The molecule has 0 aromatic carbocycles. The van der Waals surface area contributed by atoms with Gasteiger partial charge < -0.3 is 0 Å². The van der Waals surface area contributed by atoms with Gasteiger partial charge in [0.05, 0.1) is 0 Å². The van der Waals surface area contributed by atoms with Crippen molar-refractivity contribution in [1.29, 1.82) is 0 Å². The van der Waals surface area contributed by atoms with Crippen molar-refractivity contribution in [3.8, 4) is 0 Å². The van der Waals surface area contributed by atoms with Crippen LogP contribution >= 0.6 is 15.9 Å². The Labute approximate surface area is 74.3 Å². The summed E-state index contributed by atoms with van der Waals surface area (Å²) < 4.78 is 0. The summed E-state index contributed by atoms with van der Waals surface area (Å²) in [5.74, 6) is 1.77. The molecule has 60 valence electrons. The molecule has 2 heteroatoms. The molecule has 0 spiro atoms. The molecule has 2 atom stereocenters. The number of hydrogen-bond donors (Lipinski definition) is 0. The minimum atomic E-state index is 0.856. The second-order valence-electron chi connectivity index (χ2n) is 3.35. The van der Waals surface area contributed by atoms with Gasteiger partial charge in [0.15, 0.2) is 0 Å². The third kappa shape index (κ3) is 5.34. The highest BCUT2D eigenvalue weighted by Crippen LogP contribution is 2.18. The van der Waals surface area contributed by atoms with Crippen LogP contribution in [0.25, 0.3) is 0 Å². The summed E-state index contributed by atoms with van der Waals surface area (Å²) in [5.41, 5.74) is 0. The van der Waals surface area contributed by atoms with Gasteiger partial charge in [-0.15, -0.1) is 0 Å². The lowest BCUT2D eigenvalue weighted by atomic mass is 9.80. The monoisotopic (exact) mass is 204 g/mol. The maximum absolute atomic E-state index is 3.49. The smallest absolute Gasteiger partial charge is 0.0925 e. The van der Waals surface area contributed by atoms with Crippen LogP contribution in [0.4, 0.5) is 0 Å². The normalized spacial score (nSPS) is 16.7. The Bertz CT molecular complexity index is 65.7. The second kappa shape index (κ2) is 6.27. The van der Waals surface area contributed by atoms with Crippen LogP contribution in [-0.4, -0.2) is 13.2 Å². The van der Waals surface area contributed by atoms with Crippen molar-refractivity contribution in [3.05, 3.63) is 0 Å². The molecule has 0 rings (SSSR count). The van der Waals surface area contributed by atoms with Crippen molar-refractivity contribution in [3.63, 3.8) is 0 Å². The Morgan fingerprint density at radius 3 is 2.40 bits per heavy atom. The molecule has 0 bridgehead atoms. The highest BCUT2D eigenvalue weighted by Gasteiger charge is 2.02. The molecule has 0 heterocycles. The van der Waals surface area contributed by atoms with Gasteiger partial charge in [0.25, 0.3) is 0 Å². The van der Waals surface area contributed by atoms with E-state index in [1.807, 2.05) is 0 Å². The van der Waals surface area contributed by atoms with Gasteiger partial charge in [0.2, 0.25) is 0 Å². The summed E-state index contributed by atoms with van der Waals surface area (Å²) in [7, 11) is 2.33. The fraction of sp³-hybridized carbons (Fsp3) is 1.00. The van der Waals surface area contributed by atoms with Crippen molar-refractivity contribution in [1.82, 2.24) is 0 Å². The van der Waals surface area contributed by atoms with E-state index in [2.05, 4.69) is 37.6 Å². The van der Waals surface area contributed by atoms with Crippen molar-refractivity contribution < 1.29 is 0 Å². The van der Waals surface area contributed by atoms with Crippen LogP contribution in [0.1, 0.15) is 33.1 Å². The van der Waals surface area contributed by atoms with E-state index < -0.39 is 0 Å². The summed E-state index contributed by atoms with van der Waals surface area (Å²) in [5, 5.41) is 1.16. The average molecular weight is 205 g/mol. The molecule has 0 aromatic rings. The van der Waals surface area contributed by atoms with Crippen LogP contribution < -0.4 is 0 Å². The first-order chi connectivity index (χ1) is 4.70. The minimum Gasteiger partial charge on any atom is -0.0925 e. The molecule has 0 aliphatic rings. The Kier molecular flexibility index (Phi) is 6.61. The maximum Gasteiger partial charge on any atom is 0.105 e. The molecule has 0 aliphatic carbocycles. The van der Waals surface area contributed by atoms with Crippen LogP contribution in [0, 0.1) is 5.92 Å². The predicted molar refractivity (Wildman–Crippen MR) is 54.8 cm³/mol. The first-order valence-electron chi connectivity index (χ1n) is 4.26. The van der Waals surface area contributed by atoms with Gasteiger partial charge in [0.1, 0.15) is 7.85 Å². The molecule has 0 amide bonds. The summed E-state index contributed by atoms with van der Waals surface area (Å²) in [6, 6.07) is 0. The molecule has 2 unspecified atom stereocenters. The van der Waals surface area contributed by atoms with Crippen molar-refractivity contribution >= 4 is 23.8 Å².